The lowest BCUT2D eigenvalue weighted by atomic mass is 9.48. The van der Waals surface area contributed by atoms with E-state index in [1.807, 2.05) is 12.1 Å². The van der Waals surface area contributed by atoms with Crippen molar-refractivity contribution in [3.05, 3.63) is 47.5 Å². The molecule has 4 saturated carbocycles. The third-order valence-electron chi connectivity index (χ3n) is 9.26. The molecule has 1 aliphatic heterocycles. The van der Waals surface area contributed by atoms with Gasteiger partial charge in [0.15, 0.2) is 5.75 Å². The summed E-state index contributed by atoms with van der Waals surface area (Å²) in [4.78, 5) is 2.32. The van der Waals surface area contributed by atoms with E-state index >= 15 is 0 Å². The Bertz CT molecular complexity index is 1240. The molecule has 38 heavy (non-hydrogen) atoms. The van der Waals surface area contributed by atoms with Crippen molar-refractivity contribution in [2.24, 2.45) is 23.2 Å². The summed E-state index contributed by atoms with van der Waals surface area (Å²) in [6.45, 7) is 1.86. The van der Waals surface area contributed by atoms with Crippen LogP contribution in [0.15, 0.2) is 47.4 Å². The molecule has 6 nitrogen and oxygen atoms in total. The van der Waals surface area contributed by atoms with Gasteiger partial charge in [-0.1, -0.05) is 23.7 Å². The lowest BCUT2D eigenvalue weighted by molar-refractivity contribution is -0.125. The Morgan fingerprint density at radius 3 is 2.39 bits per heavy atom. The SMILES string of the molecule is CN(CCCCN1c2ccccc2Oc2ccc(Cl)cc2S1(=O)=O)C[C@H](O)C12CC3CC(CC(C3)C1)C2.Cl. The van der Waals surface area contributed by atoms with Crippen molar-refractivity contribution in [2.75, 3.05) is 31.0 Å². The molecule has 1 heterocycles. The van der Waals surface area contributed by atoms with Gasteiger partial charge in [-0.2, -0.15) is 0 Å². The number of aliphatic hydroxyl groups excluding tert-OH is 1. The molecule has 208 valence electrons. The Hall–Kier alpha value is -1.51. The molecule has 1 atom stereocenters. The van der Waals surface area contributed by atoms with Crippen LogP contribution in [-0.4, -0.2) is 51.2 Å². The standard InChI is InChI=1S/C29H37ClN2O4S.ClH/c1-31(19-28(33)29-16-20-12-21(17-29)14-22(13-20)18-29)10-4-5-11-32-24-6-2-3-7-25(24)36-26-9-8-23(30)15-27(26)37(32,34)35;/h2-3,6-9,15,20-22,28,33H,4-5,10-14,16-19H2,1H3;1H/t20?,21?,22?,28-,29?;/m0./s1. The molecular formula is C29H38Cl2N2O4S. The monoisotopic (exact) mass is 580 g/mol. The zero-order valence-electron chi connectivity index (χ0n) is 21.9. The van der Waals surface area contributed by atoms with Gasteiger partial charge in [-0.3, -0.25) is 4.31 Å². The van der Waals surface area contributed by atoms with Gasteiger partial charge in [0.2, 0.25) is 0 Å². The molecule has 0 aromatic heterocycles. The van der Waals surface area contributed by atoms with Gasteiger partial charge in [-0.25, -0.2) is 8.42 Å². The number of aliphatic hydroxyl groups is 1. The van der Waals surface area contributed by atoms with Crippen LogP contribution in [-0.2, 0) is 10.0 Å². The highest BCUT2D eigenvalue weighted by Gasteiger charge is 2.54. The smallest absolute Gasteiger partial charge is 0.268 e. The Labute approximate surface area is 237 Å². The fourth-order valence-corrected chi connectivity index (χ4v) is 9.82. The fraction of sp³-hybridized carbons (Fsp3) is 0.586. The second-order valence-electron chi connectivity index (χ2n) is 12.0. The van der Waals surface area contributed by atoms with Crippen molar-refractivity contribution >= 4 is 39.7 Å². The summed E-state index contributed by atoms with van der Waals surface area (Å²) in [6, 6.07) is 12.0. The molecule has 5 aliphatic rings. The number of nitrogens with zero attached hydrogens (tertiary/aromatic N) is 2. The zero-order valence-corrected chi connectivity index (χ0v) is 24.3. The average molecular weight is 582 g/mol. The Morgan fingerprint density at radius 1 is 1.05 bits per heavy atom. The lowest BCUT2D eigenvalue weighted by Crippen LogP contribution is -2.54. The van der Waals surface area contributed by atoms with Crippen molar-refractivity contribution in [2.45, 2.75) is 62.4 Å². The lowest BCUT2D eigenvalue weighted by Gasteiger charge is -2.58. The minimum Gasteiger partial charge on any atom is -0.454 e. The number of fused-ring (bicyclic) bond motifs is 2. The van der Waals surface area contributed by atoms with Gasteiger partial charge in [0, 0.05) is 18.1 Å². The highest BCUT2D eigenvalue weighted by atomic mass is 35.5. The molecule has 0 spiro atoms. The third-order valence-corrected chi connectivity index (χ3v) is 11.3. The Morgan fingerprint density at radius 2 is 1.71 bits per heavy atom. The summed E-state index contributed by atoms with van der Waals surface area (Å²) in [7, 11) is -1.75. The normalized spacial score (nSPS) is 29.2. The van der Waals surface area contributed by atoms with Gasteiger partial charge in [-0.15, -0.1) is 12.4 Å². The third kappa shape index (κ3) is 5.17. The summed E-state index contributed by atoms with van der Waals surface area (Å²) in [6.07, 6.45) is 9.00. The maximum absolute atomic E-state index is 13.7. The number of halogens is 2. The van der Waals surface area contributed by atoms with E-state index in [4.69, 9.17) is 16.3 Å². The summed E-state index contributed by atoms with van der Waals surface area (Å²) in [5.41, 5.74) is 0.669. The largest absolute Gasteiger partial charge is 0.454 e. The molecule has 4 fully saturated rings. The molecule has 1 N–H and O–H groups in total. The summed E-state index contributed by atoms with van der Waals surface area (Å²) < 4.78 is 34.8. The molecule has 0 unspecified atom stereocenters. The number of hydrogen-bond donors (Lipinski definition) is 1. The van der Waals surface area contributed by atoms with Gasteiger partial charge in [0.1, 0.15) is 10.6 Å². The topological polar surface area (TPSA) is 70.1 Å². The van der Waals surface area contributed by atoms with Crippen LogP contribution in [0.4, 0.5) is 5.69 Å². The van der Waals surface area contributed by atoms with E-state index in [0.29, 0.717) is 36.0 Å². The first-order valence-corrected chi connectivity index (χ1v) is 15.5. The number of anilines is 1. The van der Waals surface area contributed by atoms with Crippen LogP contribution in [0.5, 0.6) is 11.5 Å². The predicted molar refractivity (Wildman–Crippen MR) is 153 cm³/mol. The number of sulfonamides is 1. The van der Waals surface area contributed by atoms with Crippen LogP contribution in [0.25, 0.3) is 0 Å². The van der Waals surface area contributed by atoms with Crippen LogP contribution in [0.2, 0.25) is 5.02 Å². The molecular weight excluding hydrogens is 543 g/mol. The number of para-hydroxylation sites is 2. The van der Waals surface area contributed by atoms with E-state index in [0.717, 1.165) is 30.7 Å². The van der Waals surface area contributed by atoms with E-state index in [1.165, 1.54) is 48.9 Å². The number of rotatable bonds is 8. The molecule has 9 heteroatoms. The second kappa shape index (κ2) is 10.8. The van der Waals surface area contributed by atoms with E-state index in [9.17, 15) is 13.5 Å². The quantitative estimate of drug-likeness (QED) is 0.368. The molecule has 7 rings (SSSR count). The number of unbranched alkanes of at least 4 members (excludes halogenated alkanes) is 1. The average Bonchev–Trinajstić information content (AvgIpc) is 2.93. The Kier molecular flexibility index (Phi) is 7.98. The van der Waals surface area contributed by atoms with Crippen LogP contribution in [0.1, 0.15) is 51.4 Å². The van der Waals surface area contributed by atoms with Crippen molar-refractivity contribution in [1.82, 2.24) is 4.90 Å². The van der Waals surface area contributed by atoms with Gasteiger partial charge in [0.25, 0.3) is 10.0 Å². The number of hydrogen-bond acceptors (Lipinski definition) is 5. The maximum atomic E-state index is 13.7. The maximum Gasteiger partial charge on any atom is 0.268 e. The summed E-state index contributed by atoms with van der Waals surface area (Å²) in [5, 5.41) is 11.7. The first-order valence-electron chi connectivity index (χ1n) is 13.7. The molecule has 0 amide bonds. The Balaban J connectivity index is 0.00000294. The second-order valence-corrected chi connectivity index (χ2v) is 14.3. The van der Waals surface area contributed by atoms with E-state index in [-0.39, 0.29) is 34.6 Å². The molecule has 2 aromatic rings. The van der Waals surface area contributed by atoms with Gasteiger partial charge in [-0.05, 0) is 118 Å². The molecule has 4 bridgehead atoms. The number of ether oxygens (including phenoxy) is 1. The molecule has 0 saturated heterocycles. The molecule has 2 aromatic carbocycles. The van der Waals surface area contributed by atoms with Crippen LogP contribution < -0.4 is 9.04 Å². The van der Waals surface area contributed by atoms with Gasteiger partial charge in [0.05, 0.1) is 11.8 Å². The van der Waals surface area contributed by atoms with Crippen molar-refractivity contribution in [3.8, 4) is 11.5 Å². The number of likely N-dealkylation sites (N-methyl/N-ethyl adjacent to an activating group) is 1. The molecule has 0 radical (unpaired) electrons. The zero-order chi connectivity index (χ0) is 25.8. The van der Waals surface area contributed by atoms with Gasteiger partial charge < -0.3 is 14.7 Å². The van der Waals surface area contributed by atoms with E-state index < -0.39 is 10.0 Å². The minimum atomic E-state index is -3.83. The van der Waals surface area contributed by atoms with Crippen LogP contribution in [0.3, 0.4) is 0 Å². The van der Waals surface area contributed by atoms with Crippen LogP contribution in [0, 0.1) is 23.2 Å². The van der Waals surface area contributed by atoms with E-state index in [1.54, 1.807) is 24.3 Å². The molecule has 4 aliphatic carbocycles. The van der Waals surface area contributed by atoms with Crippen molar-refractivity contribution in [1.29, 1.82) is 0 Å². The number of benzene rings is 2. The predicted octanol–water partition coefficient (Wildman–Crippen LogP) is 6.35. The van der Waals surface area contributed by atoms with Crippen molar-refractivity contribution in [3.63, 3.8) is 0 Å². The highest BCUT2D eigenvalue weighted by Crippen LogP contribution is 2.61. The van der Waals surface area contributed by atoms with Gasteiger partial charge >= 0.3 is 0 Å². The minimum absolute atomic E-state index is 0. The summed E-state index contributed by atoms with van der Waals surface area (Å²) >= 11 is 6.15. The highest BCUT2D eigenvalue weighted by molar-refractivity contribution is 7.93. The van der Waals surface area contributed by atoms with Crippen molar-refractivity contribution < 1.29 is 18.3 Å². The van der Waals surface area contributed by atoms with E-state index in [2.05, 4.69) is 11.9 Å². The first-order chi connectivity index (χ1) is 17.7. The van der Waals surface area contributed by atoms with Crippen LogP contribution >= 0.6 is 24.0 Å². The fourth-order valence-electron chi connectivity index (χ4n) is 7.93. The summed E-state index contributed by atoms with van der Waals surface area (Å²) in [5.74, 6) is 3.29. The first kappa shape index (κ1) is 28.0.